The fourth-order valence-electron chi connectivity index (χ4n) is 8.17. The van der Waals surface area contributed by atoms with Gasteiger partial charge in [-0.1, -0.05) is 158 Å². The molecule has 0 fully saturated rings. The summed E-state index contributed by atoms with van der Waals surface area (Å²) in [6.07, 6.45) is 0. The molecule has 9 aromatic carbocycles. The Morgan fingerprint density at radius 2 is 0.836 bits per heavy atom. The van der Waals surface area contributed by atoms with Gasteiger partial charge in [0.05, 0.1) is 11.0 Å². The van der Waals surface area contributed by atoms with Crippen LogP contribution in [0.4, 0.5) is 0 Å². The predicted molar refractivity (Wildman–Crippen MR) is 228 cm³/mol. The molecule has 0 bridgehead atoms. The monoisotopic (exact) mass is 700 g/mol. The van der Waals surface area contributed by atoms with Crippen LogP contribution in [-0.2, 0) is 0 Å². The Morgan fingerprint density at radius 1 is 0.291 bits per heavy atom. The normalized spacial score (nSPS) is 11.6. The molecule has 2 heterocycles. The van der Waals surface area contributed by atoms with Crippen LogP contribution in [0.15, 0.2) is 194 Å². The van der Waals surface area contributed by atoms with Gasteiger partial charge in [-0.25, -0.2) is 15.0 Å². The van der Waals surface area contributed by atoms with Gasteiger partial charge in [-0.3, -0.25) is 0 Å². The SMILES string of the molecule is c1ccc(-c2nc(-c3ccccc3)nc(-c3cccc(-c4ccc5c(ccc6c5c5ccccc5n6-c5ccc6c(ccc7ccccc76)c5)c4)c3)n2)cc1. The van der Waals surface area contributed by atoms with Gasteiger partial charge in [-0.05, 0) is 79.8 Å². The molecule has 0 aliphatic rings. The number of rotatable bonds is 5. The molecule has 0 amide bonds. The van der Waals surface area contributed by atoms with Gasteiger partial charge in [0, 0.05) is 33.2 Å². The molecule has 0 saturated carbocycles. The summed E-state index contributed by atoms with van der Waals surface area (Å²) in [4.78, 5) is 14.8. The first-order chi connectivity index (χ1) is 27.2. The van der Waals surface area contributed by atoms with Crippen LogP contribution < -0.4 is 0 Å². The lowest BCUT2D eigenvalue weighted by Crippen LogP contribution is -2.00. The van der Waals surface area contributed by atoms with Crippen LogP contribution in [0.25, 0.3) is 105 Å². The van der Waals surface area contributed by atoms with E-state index >= 15 is 0 Å². The van der Waals surface area contributed by atoms with E-state index in [1.165, 1.54) is 54.1 Å². The lowest BCUT2D eigenvalue weighted by molar-refractivity contribution is 1.07. The largest absolute Gasteiger partial charge is 0.309 e. The van der Waals surface area contributed by atoms with Crippen molar-refractivity contribution in [3.05, 3.63) is 194 Å². The summed E-state index contributed by atoms with van der Waals surface area (Å²) >= 11 is 0. The Hall–Kier alpha value is -7.43. The van der Waals surface area contributed by atoms with E-state index in [1.54, 1.807) is 0 Å². The zero-order valence-corrected chi connectivity index (χ0v) is 29.8. The zero-order valence-electron chi connectivity index (χ0n) is 29.8. The molecule has 0 spiro atoms. The van der Waals surface area contributed by atoms with Gasteiger partial charge in [-0.15, -0.1) is 0 Å². The minimum absolute atomic E-state index is 0.645. The summed E-state index contributed by atoms with van der Waals surface area (Å²) in [5.41, 5.74) is 8.65. The second-order valence-electron chi connectivity index (χ2n) is 14.1. The van der Waals surface area contributed by atoms with Gasteiger partial charge in [0.1, 0.15) is 0 Å². The fourth-order valence-corrected chi connectivity index (χ4v) is 8.17. The average Bonchev–Trinajstić information content (AvgIpc) is 3.61. The van der Waals surface area contributed by atoms with Crippen molar-refractivity contribution in [2.75, 3.05) is 0 Å². The van der Waals surface area contributed by atoms with E-state index in [0.717, 1.165) is 33.5 Å². The molecule has 0 unspecified atom stereocenters. The third-order valence-electron chi connectivity index (χ3n) is 10.8. The molecule has 0 N–H and O–H groups in total. The summed E-state index contributed by atoms with van der Waals surface area (Å²) in [5, 5.41) is 9.99. The number of para-hydroxylation sites is 1. The number of hydrogen-bond donors (Lipinski definition) is 0. The highest BCUT2D eigenvalue weighted by atomic mass is 15.0. The molecule has 55 heavy (non-hydrogen) atoms. The van der Waals surface area contributed by atoms with Crippen LogP contribution in [0.5, 0.6) is 0 Å². The minimum atomic E-state index is 0.645. The van der Waals surface area contributed by atoms with E-state index in [1.807, 2.05) is 60.7 Å². The van der Waals surface area contributed by atoms with E-state index in [2.05, 4.69) is 138 Å². The standard InChI is InChI=1S/C51H32N4/c1-3-13-34(14-4-1)49-52-50(35-15-5-2-6-16-35)54-51(53-49)40-18-11-17-36(31-40)37-24-27-44-38(30-37)25-29-47-48(44)45-20-9-10-21-46(45)55(47)41-26-28-43-39(32-41)23-22-33-12-7-8-19-42(33)43/h1-32H. The lowest BCUT2D eigenvalue weighted by Gasteiger charge is -2.12. The molecular weight excluding hydrogens is 669 g/mol. The first kappa shape index (κ1) is 31.1. The molecule has 0 aliphatic carbocycles. The van der Waals surface area contributed by atoms with Gasteiger partial charge < -0.3 is 4.57 Å². The molecule has 11 aromatic rings. The third-order valence-corrected chi connectivity index (χ3v) is 10.8. The molecule has 0 radical (unpaired) electrons. The Kier molecular flexibility index (Phi) is 7.14. The molecule has 2 aromatic heterocycles. The van der Waals surface area contributed by atoms with E-state index < -0.39 is 0 Å². The predicted octanol–water partition coefficient (Wildman–Crippen LogP) is 13.1. The van der Waals surface area contributed by atoms with Crippen LogP contribution >= 0.6 is 0 Å². The first-order valence-electron chi connectivity index (χ1n) is 18.6. The van der Waals surface area contributed by atoms with Gasteiger partial charge in [-0.2, -0.15) is 0 Å². The maximum absolute atomic E-state index is 4.98. The maximum Gasteiger partial charge on any atom is 0.164 e. The topological polar surface area (TPSA) is 43.6 Å². The minimum Gasteiger partial charge on any atom is -0.309 e. The Bertz CT molecular complexity index is 3200. The van der Waals surface area contributed by atoms with Crippen molar-refractivity contribution in [3.8, 4) is 51.0 Å². The quantitative estimate of drug-likeness (QED) is 0.168. The van der Waals surface area contributed by atoms with Crippen molar-refractivity contribution >= 4 is 54.1 Å². The molecular formula is C51H32N4. The highest BCUT2D eigenvalue weighted by Crippen LogP contribution is 2.39. The van der Waals surface area contributed by atoms with E-state index in [0.29, 0.717) is 17.5 Å². The highest BCUT2D eigenvalue weighted by molar-refractivity contribution is 6.22. The summed E-state index contributed by atoms with van der Waals surface area (Å²) in [6.45, 7) is 0. The smallest absolute Gasteiger partial charge is 0.164 e. The number of nitrogens with zero attached hydrogens (tertiary/aromatic N) is 4. The molecule has 4 heteroatoms. The van der Waals surface area contributed by atoms with Crippen LogP contribution in [0.3, 0.4) is 0 Å². The van der Waals surface area contributed by atoms with Crippen molar-refractivity contribution in [1.82, 2.24) is 19.5 Å². The first-order valence-corrected chi connectivity index (χ1v) is 18.6. The molecule has 0 aliphatic heterocycles. The third kappa shape index (κ3) is 5.26. The fraction of sp³-hybridized carbons (Fsp3) is 0. The van der Waals surface area contributed by atoms with E-state index in [-0.39, 0.29) is 0 Å². The molecule has 11 rings (SSSR count). The lowest BCUT2D eigenvalue weighted by atomic mass is 9.97. The van der Waals surface area contributed by atoms with Crippen molar-refractivity contribution in [2.24, 2.45) is 0 Å². The summed E-state index contributed by atoms with van der Waals surface area (Å²) < 4.78 is 2.41. The van der Waals surface area contributed by atoms with E-state index in [9.17, 15) is 0 Å². The van der Waals surface area contributed by atoms with Gasteiger partial charge in [0.25, 0.3) is 0 Å². The van der Waals surface area contributed by atoms with Crippen molar-refractivity contribution in [2.45, 2.75) is 0 Å². The Morgan fingerprint density at radius 3 is 1.62 bits per heavy atom. The summed E-state index contributed by atoms with van der Waals surface area (Å²) in [6, 6.07) is 68.8. The average molecular weight is 701 g/mol. The molecule has 4 nitrogen and oxygen atoms in total. The number of aromatic nitrogens is 4. The summed E-state index contributed by atoms with van der Waals surface area (Å²) in [7, 11) is 0. The van der Waals surface area contributed by atoms with Crippen molar-refractivity contribution in [1.29, 1.82) is 0 Å². The highest BCUT2D eigenvalue weighted by Gasteiger charge is 2.17. The van der Waals surface area contributed by atoms with Crippen molar-refractivity contribution in [3.63, 3.8) is 0 Å². The van der Waals surface area contributed by atoms with Gasteiger partial charge >= 0.3 is 0 Å². The number of benzene rings is 9. The van der Waals surface area contributed by atoms with E-state index in [4.69, 9.17) is 15.0 Å². The van der Waals surface area contributed by atoms with Crippen LogP contribution in [-0.4, -0.2) is 19.5 Å². The zero-order chi connectivity index (χ0) is 36.3. The molecule has 256 valence electrons. The maximum atomic E-state index is 4.98. The second kappa shape index (κ2) is 12.6. The van der Waals surface area contributed by atoms with Crippen LogP contribution in [0, 0.1) is 0 Å². The van der Waals surface area contributed by atoms with Gasteiger partial charge in [0.15, 0.2) is 17.5 Å². The second-order valence-corrected chi connectivity index (χ2v) is 14.1. The molecule has 0 atom stereocenters. The van der Waals surface area contributed by atoms with Gasteiger partial charge in [0.2, 0.25) is 0 Å². The summed E-state index contributed by atoms with van der Waals surface area (Å²) in [5.74, 6) is 1.95. The van der Waals surface area contributed by atoms with Crippen LogP contribution in [0.1, 0.15) is 0 Å². The number of fused-ring (bicyclic) bond motifs is 8. The number of hydrogen-bond acceptors (Lipinski definition) is 3. The Balaban J connectivity index is 1.03. The van der Waals surface area contributed by atoms with Crippen LogP contribution in [0.2, 0.25) is 0 Å². The molecule has 0 saturated heterocycles. The Labute approximate surface area is 317 Å². The van der Waals surface area contributed by atoms with Crippen molar-refractivity contribution < 1.29 is 0 Å².